The monoisotopic (exact) mass is 621 g/mol. The molecular weight excluding hydrogens is 562 g/mol. The van der Waals surface area contributed by atoms with Crippen LogP contribution in [0, 0.1) is 0 Å². The van der Waals surface area contributed by atoms with E-state index in [-0.39, 0.29) is 29.3 Å². The molecule has 0 N–H and O–H groups in total. The first kappa shape index (κ1) is 35.3. The van der Waals surface area contributed by atoms with Crippen LogP contribution in [0.2, 0.25) is 0 Å². The molecule has 2 rings (SSSR count). The van der Waals surface area contributed by atoms with Crippen LogP contribution in [-0.4, -0.2) is 28.2 Å². The van der Waals surface area contributed by atoms with E-state index in [1.165, 1.54) is 83.5 Å². The number of unbranched alkanes of at least 4 members (excludes halogenated alkanes) is 14. The normalized spacial score (nSPS) is 18.1. The standard InChI is InChI=1S/C35H60BrNO3/c1-7-8-9-10-11-12-13-14-15-16-17-18-19-20-21-22-33(38)39-32-27-34(3,4)37(35(5,6)28-32)40-29(2)30-23-25-31(36)26-24-30/h23-26,29,32H,7-22,27-28H2,1-6H3. The van der Waals surface area contributed by atoms with Crippen molar-refractivity contribution in [2.75, 3.05) is 0 Å². The molecule has 1 aliphatic heterocycles. The van der Waals surface area contributed by atoms with Crippen molar-refractivity contribution in [3.8, 4) is 0 Å². The van der Waals surface area contributed by atoms with E-state index in [0.717, 1.165) is 35.7 Å². The smallest absolute Gasteiger partial charge is 0.306 e. The quantitative estimate of drug-likeness (QED) is 0.107. The van der Waals surface area contributed by atoms with Crippen LogP contribution in [0.25, 0.3) is 0 Å². The van der Waals surface area contributed by atoms with Crippen molar-refractivity contribution in [2.24, 2.45) is 0 Å². The van der Waals surface area contributed by atoms with E-state index in [9.17, 15) is 4.79 Å². The van der Waals surface area contributed by atoms with Crippen molar-refractivity contribution in [1.29, 1.82) is 0 Å². The van der Waals surface area contributed by atoms with Crippen LogP contribution < -0.4 is 0 Å². The molecule has 230 valence electrons. The first-order chi connectivity index (χ1) is 19.0. The second-order valence-electron chi connectivity index (χ2n) is 13.4. The summed E-state index contributed by atoms with van der Waals surface area (Å²) in [4.78, 5) is 19.2. The Labute approximate surface area is 255 Å². The third-order valence-electron chi connectivity index (χ3n) is 8.44. The van der Waals surface area contributed by atoms with E-state index in [1.807, 2.05) is 0 Å². The fourth-order valence-corrected chi connectivity index (χ4v) is 6.64. The van der Waals surface area contributed by atoms with Gasteiger partial charge >= 0.3 is 5.97 Å². The van der Waals surface area contributed by atoms with Crippen molar-refractivity contribution >= 4 is 21.9 Å². The first-order valence-electron chi connectivity index (χ1n) is 16.5. The molecule has 40 heavy (non-hydrogen) atoms. The number of hydroxylamine groups is 2. The van der Waals surface area contributed by atoms with Crippen molar-refractivity contribution < 1.29 is 14.4 Å². The molecule has 1 aromatic carbocycles. The molecule has 1 aliphatic rings. The highest BCUT2D eigenvalue weighted by molar-refractivity contribution is 9.10. The Morgan fingerprint density at radius 3 is 1.68 bits per heavy atom. The molecule has 1 atom stereocenters. The number of esters is 1. The second-order valence-corrected chi connectivity index (χ2v) is 14.4. The van der Waals surface area contributed by atoms with Gasteiger partial charge in [-0.05, 0) is 58.7 Å². The van der Waals surface area contributed by atoms with Crippen LogP contribution in [-0.2, 0) is 14.4 Å². The predicted octanol–water partition coefficient (Wildman–Crippen LogP) is 11.3. The van der Waals surface area contributed by atoms with Gasteiger partial charge < -0.3 is 4.74 Å². The highest BCUT2D eigenvalue weighted by Gasteiger charge is 2.48. The van der Waals surface area contributed by atoms with Gasteiger partial charge in [0.25, 0.3) is 0 Å². The van der Waals surface area contributed by atoms with Gasteiger partial charge in [-0.15, -0.1) is 0 Å². The molecule has 0 spiro atoms. The molecule has 4 nitrogen and oxygen atoms in total. The minimum Gasteiger partial charge on any atom is -0.462 e. The largest absolute Gasteiger partial charge is 0.462 e. The minimum absolute atomic E-state index is 0.0381. The maximum Gasteiger partial charge on any atom is 0.306 e. The lowest BCUT2D eigenvalue weighted by Gasteiger charge is -2.54. The maximum atomic E-state index is 12.7. The number of hydrogen-bond acceptors (Lipinski definition) is 4. The van der Waals surface area contributed by atoms with Gasteiger partial charge in [-0.1, -0.05) is 125 Å². The Hall–Kier alpha value is -0.910. The number of carbonyl (C=O) groups is 1. The van der Waals surface area contributed by atoms with Gasteiger partial charge in [0.05, 0.1) is 0 Å². The van der Waals surface area contributed by atoms with Crippen LogP contribution in [0.3, 0.4) is 0 Å². The zero-order chi connectivity index (χ0) is 29.4. The molecule has 1 unspecified atom stereocenters. The Bertz CT molecular complexity index is 804. The molecule has 1 aromatic rings. The number of piperidine rings is 1. The SMILES string of the molecule is CCCCCCCCCCCCCCCCCC(=O)OC1CC(C)(C)N(OC(C)c2ccc(Br)cc2)C(C)(C)C1. The fraction of sp³-hybridized carbons (Fsp3) is 0.800. The van der Waals surface area contributed by atoms with Gasteiger partial charge in [0.15, 0.2) is 0 Å². The van der Waals surface area contributed by atoms with E-state index in [0.29, 0.717) is 6.42 Å². The Kier molecular flexibility index (Phi) is 16.4. The molecule has 0 aliphatic carbocycles. The molecule has 0 radical (unpaired) electrons. The predicted molar refractivity (Wildman–Crippen MR) is 172 cm³/mol. The molecule has 1 fully saturated rings. The van der Waals surface area contributed by atoms with Crippen molar-refractivity contribution in [2.45, 2.75) is 180 Å². The van der Waals surface area contributed by atoms with Gasteiger partial charge in [-0.3, -0.25) is 9.63 Å². The summed E-state index contributed by atoms with van der Waals surface area (Å²) in [7, 11) is 0. The number of halogens is 1. The lowest BCUT2D eigenvalue weighted by molar-refractivity contribution is -0.314. The van der Waals surface area contributed by atoms with Crippen molar-refractivity contribution in [1.82, 2.24) is 5.06 Å². The number of rotatable bonds is 20. The molecule has 0 amide bonds. The highest BCUT2D eigenvalue weighted by Crippen LogP contribution is 2.42. The van der Waals surface area contributed by atoms with E-state index in [4.69, 9.17) is 9.57 Å². The molecular formula is C35H60BrNO3. The number of ether oxygens (including phenoxy) is 1. The molecule has 0 bridgehead atoms. The van der Waals surface area contributed by atoms with Crippen molar-refractivity contribution in [3.05, 3.63) is 34.3 Å². The molecule has 1 heterocycles. The molecule has 5 heteroatoms. The van der Waals surface area contributed by atoms with E-state index in [1.54, 1.807) is 0 Å². The average molecular weight is 623 g/mol. The van der Waals surface area contributed by atoms with Crippen LogP contribution in [0.4, 0.5) is 0 Å². The summed E-state index contributed by atoms with van der Waals surface area (Å²) in [5.74, 6) is -0.0381. The lowest BCUT2D eigenvalue weighted by Crippen LogP contribution is -2.62. The van der Waals surface area contributed by atoms with Crippen LogP contribution >= 0.6 is 15.9 Å². The number of nitrogens with zero attached hydrogens (tertiary/aromatic N) is 1. The van der Waals surface area contributed by atoms with Gasteiger partial charge in [0.2, 0.25) is 0 Å². The number of hydrogen-bond donors (Lipinski definition) is 0. The summed E-state index contributed by atoms with van der Waals surface area (Å²) >= 11 is 3.51. The van der Waals surface area contributed by atoms with E-state index < -0.39 is 0 Å². The Balaban J connectivity index is 1.58. The Morgan fingerprint density at radius 2 is 1.23 bits per heavy atom. The van der Waals surface area contributed by atoms with Gasteiger partial charge in [0, 0.05) is 34.8 Å². The van der Waals surface area contributed by atoms with Gasteiger partial charge in [0.1, 0.15) is 12.2 Å². The summed E-state index contributed by atoms with van der Waals surface area (Å²) in [6.07, 6.45) is 21.9. The molecule has 1 saturated heterocycles. The number of carbonyl (C=O) groups excluding carboxylic acids is 1. The first-order valence-corrected chi connectivity index (χ1v) is 17.3. The maximum absolute atomic E-state index is 12.7. The number of benzene rings is 1. The van der Waals surface area contributed by atoms with Gasteiger partial charge in [-0.25, -0.2) is 0 Å². The van der Waals surface area contributed by atoms with Crippen molar-refractivity contribution in [3.63, 3.8) is 0 Å². The third kappa shape index (κ3) is 13.4. The molecule has 0 saturated carbocycles. The zero-order valence-corrected chi connectivity index (χ0v) is 28.3. The van der Waals surface area contributed by atoms with Crippen LogP contribution in [0.5, 0.6) is 0 Å². The van der Waals surface area contributed by atoms with Gasteiger partial charge in [-0.2, -0.15) is 5.06 Å². The summed E-state index contributed by atoms with van der Waals surface area (Å²) < 4.78 is 7.07. The van der Waals surface area contributed by atoms with Crippen LogP contribution in [0.1, 0.15) is 169 Å². The summed E-state index contributed by atoms with van der Waals surface area (Å²) in [6, 6.07) is 8.30. The van der Waals surface area contributed by atoms with E-state index >= 15 is 0 Å². The second kappa shape index (κ2) is 18.6. The third-order valence-corrected chi connectivity index (χ3v) is 8.97. The summed E-state index contributed by atoms with van der Waals surface area (Å²) in [5.41, 5.74) is 0.655. The lowest BCUT2D eigenvalue weighted by atomic mass is 9.80. The fourth-order valence-electron chi connectivity index (χ4n) is 6.38. The summed E-state index contributed by atoms with van der Waals surface area (Å²) in [5, 5.41) is 2.14. The van der Waals surface area contributed by atoms with E-state index in [2.05, 4.69) is 86.8 Å². The average Bonchev–Trinajstić information content (AvgIpc) is 2.88. The van der Waals surface area contributed by atoms with Crippen LogP contribution in [0.15, 0.2) is 28.7 Å². The zero-order valence-electron chi connectivity index (χ0n) is 26.7. The summed E-state index contributed by atoms with van der Waals surface area (Å²) in [6.45, 7) is 13.1. The molecule has 0 aromatic heterocycles. The minimum atomic E-state index is -0.245. The Morgan fingerprint density at radius 1 is 0.800 bits per heavy atom. The topological polar surface area (TPSA) is 38.8 Å². The highest BCUT2D eigenvalue weighted by atomic mass is 79.9.